The molecule has 4 heteroatoms. The standard InChI is InChI=1S/C25H32N2O2/c28-25(19-29-24-12-11-22-9-2-3-10-23(22)16-24)26-17-20-7-6-8-21(15-20)18-27-13-4-1-5-14-27/h6-8,11-12,15-16H,1-5,9-10,13-14,17-19H2,(H,26,28). The SMILES string of the molecule is O=C(COc1ccc2c(c1)CCCC2)NCc1cccc(CN2CCCCC2)c1. The van der Waals surface area contributed by atoms with Gasteiger partial charge < -0.3 is 10.1 Å². The summed E-state index contributed by atoms with van der Waals surface area (Å²) in [5, 5.41) is 2.98. The van der Waals surface area contributed by atoms with E-state index in [1.165, 1.54) is 61.9 Å². The van der Waals surface area contributed by atoms with Crippen molar-refractivity contribution in [3.63, 3.8) is 0 Å². The molecule has 1 heterocycles. The third-order valence-electron chi connectivity index (χ3n) is 6.03. The first-order chi connectivity index (χ1) is 14.3. The number of hydrogen-bond acceptors (Lipinski definition) is 3. The molecule has 154 valence electrons. The molecule has 4 nitrogen and oxygen atoms in total. The number of carbonyl (C=O) groups is 1. The Bertz CT molecular complexity index is 827. The number of nitrogens with one attached hydrogen (secondary N) is 1. The summed E-state index contributed by atoms with van der Waals surface area (Å²) in [6, 6.07) is 14.8. The number of likely N-dealkylation sites (tertiary alicyclic amines) is 1. The minimum atomic E-state index is -0.0795. The number of piperidine rings is 1. The van der Waals surface area contributed by atoms with Gasteiger partial charge in [-0.1, -0.05) is 36.8 Å². The van der Waals surface area contributed by atoms with Crippen molar-refractivity contribution in [3.8, 4) is 5.75 Å². The highest BCUT2D eigenvalue weighted by molar-refractivity contribution is 5.77. The summed E-state index contributed by atoms with van der Waals surface area (Å²) in [5.74, 6) is 0.716. The Balaban J connectivity index is 1.23. The fourth-order valence-corrected chi connectivity index (χ4v) is 4.41. The summed E-state index contributed by atoms with van der Waals surface area (Å²) >= 11 is 0. The zero-order valence-electron chi connectivity index (χ0n) is 17.3. The van der Waals surface area contributed by atoms with Gasteiger partial charge in [-0.2, -0.15) is 0 Å². The molecule has 2 aromatic rings. The molecule has 1 saturated heterocycles. The molecule has 1 fully saturated rings. The van der Waals surface area contributed by atoms with Gasteiger partial charge in [-0.3, -0.25) is 9.69 Å². The first-order valence-corrected chi connectivity index (χ1v) is 11.1. The van der Waals surface area contributed by atoms with Crippen LogP contribution in [-0.4, -0.2) is 30.5 Å². The van der Waals surface area contributed by atoms with Crippen LogP contribution >= 0.6 is 0 Å². The van der Waals surface area contributed by atoms with Gasteiger partial charge in [-0.05, 0) is 86.0 Å². The van der Waals surface area contributed by atoms with Gasteiger partial charge in [0.15, 0.2) is 6.61 Å². The summed E-state index contributed by atoms with van der Waals surface area (Å²) in [6.45, 7) is 4.00. The zero-order valence-corrected chi connectivity index (χ0v) is 17.3. The van der Waals surface area contributed by atoms with Crippen molar-refractivity contribution in [2.45, 2.75) is 58.0 Å². The smallest absolute Gasteiger partial charge is 0.258 e. The van der Waals surface area contributed by atoms with Crippen LogP contribution < -0.4 is 10.1 Å². The number of hydrogen-bond donors (Lipinski definition) is 1. The quantitative estimate of drug-likeness (QED) is 0.766. The predicted octanol–water partition coefficient (Wildman–Crippen LogP) is 4.25. The number of carbonyl (C=O) groups excluding carboxylic acids is 1. The Kier molecular flexibility index (Phi) is 6.83. The average molecular weight is 393 g/mol. The van der Waals surface area contributed by atoms with Crippen molar-refractivity contribution < 1.29 is 9.53 Å². The second-order valence-corrected chi connectivity index (χ2v) is 8.36. The average Bonchev–Trinajstić information content (AvgIpc) is 2.77. The van der Waals surface area contributed by atoms with Gasteiger partial charge in [0.2, 0.25) is 0 Å². The van der Waals surface area contributed by atoms with Crippen molar-refractivity contribution in [1.82, 2.24) is 10.2 Å². The molecular formula is C25H32N2O2. The van der Waals surface area contributed by atoms with E-state index in [1.807, 2.05) is 6.07 Å². The Morgan fingerprint density at radius 1 is 0.897 bits per heavy atom. The molecule has 4 rings (SSSR count). The van der Waals surface area contributed by atoms with E-state index in [0.29, 0.717) is 6.54 Å². The van der Waals surface area contributed by atoms with Crippen LogP contribution in [0.1, 0.15) is 54.4 Å². The van der Waals surface area contributed by atoms with Gasteiger partial charge in [0.05, 0.1) is 0 Å². The third kappa shape index (κ3) is 5.83. The van der Waals surface area contributed by atoms with E-state index in [9.17, 15) is 4.79 Å². The maximum absolute atomic E-state index is 12.2. The van der Waals surface area contributed by atoms with E-state index in [0.717, 1.165) is 30.7 Å². The third-order valence-corrected chi connectivity index (χ3v) is 6.03. The van der Waals surface area contributed by atoms with Crippen LogP contribution in [0.25, 0.3) is 0 Å². The first kappa shape index (κ1) is 20.0. The van der Waals surface area contributed by atoms with E-state index >= 15 is 0 Å². The Labute approximate surface area is 174 Å². The normalized spacial score (nSPS) is 16.8. The van der Waals surface area contributed by atoms with Crippen LogP contribution in [0.4, 0.5) is 0 Å². The highest BCUT2D eigenvalue weighted by atomic mass is 16.5. The topological polar surface area (TPSA) is 41.6 Å². The number of benzene rings is 2. The lowest BCUT2D eigenvalue weighted by molar-refractivity contribution is -0.123. The van der Waals surface area contributed by atoms with Crippen LogP contribution in [0.2, 0.25) is 0 Å². The number of nitrogens with zero attached hydrogens (tertiary/aromatic N) is 1. The second kappa shape index (κ2) is 9.93. The summed E-state index contributed by atoms with van der Waals surface area (Å²) < 4.78 is 5.73. The summed E-state index contributed by atoms with van der Waals surface area (Å²) in [5.41, 5.74) is 5.27. The fourth-order valence-electron chi connectivity index (χ4n) is 4.41. The van der Waals surface area contributed by atoms with Crippen LogP contribution in [-0.2, 0) is 30.7 Å². The van der Waals surface area contributed by atoms with E-state index < -0.39 is 0 Å². The maximum Gasteiger partial charge on any atom is 0.258 e. The van der Waals surface area contributed by atoms with Gasteiger partial charge in [0, 0.05) is 13.1 Å². The monoisotopic (exact) mass is 392 g/mol. The summed E-state index contributed by atoms with van der Waals surface area (Å²) in [7, 11) is 0. The van der Waals surface area contributed by atoms with E-state index in [2.05, 4.69) is 46.6 Å². The van der Waals surface area contributed by atoms with E-state index in [4.69, 9.17) is 4.74 Å². The zero-order chi connectivity index (χ0) is 19.9. The van der Waals surface area contributed by atoms with Gasteiger partial charge in [0.25, 0.3) is 5.91 Å². The van der Waals surface area contributed by atoms with E-state index in [-0.39, 0.29) is 12.5 Å². The number of ether oxygens (including phenoxy) is 1. The first-order valence-electron chi connectivity index (χ1n) is 11.1. The van der Waals surface area contributed by atoms with Gasteiger partial charge >= 0.3 is 0 Å². The number of fused-ring (bicyclic) bond motifs is 1. The molecule has 29 heavy (non-hydrogen) atoms. The van der Waals surface area contributed by atoms with E-state index in [1.54, 1.807) is 0 Å². The Morgan fingerprint density at radius 2 is 1.69 bits per heavy atom. The van der Waals surface area contributed by atoms with Gasteiger partial charge in [0.1, 0.15) is 5.75 Å². The molecule has 2 aliphatic rings. The van der Waals surface area contributed by atoms with Crippen LogP contribution in [0, 0.1) is 0 Å². The van der Waals surface area contributed by atoms with Crippen molar-refractivity contribution in [2.24, 2.45) is 0 Å². The second-order valence-electron chi connectivity index (χ2n) is 8.36. The molecule has 0 radical (unpaired) electrons. The minimum Gasteiger partial charge on any atom is -0.484 e. The van der Waals surface area contributed by atoms with Gasteiger partial charge in [-0.15, -0.1) is 0 Å². The Morgan fingerprint density at radius 3 is 2.55 bits per heavy atom. The predicted molar refractivity (Wildman–Crippen MR) is 116 cm³/mol. The molecule has 0 aromatic heterocycles. The van der Waals surface area contributed by atoms with Crippen molar-refractivity contribution in [1.29, 1.82) is 0 Å². The fraction of sp³-hybridized carbons (Fsp3) is 0.480. The number of aryl methyl sites for hydroxylation is 2. The molecule has 1 N–H and O–H groups in total. The minimum absolute atomic E-state index is 0.0618. The maximum atomic E-state index is 12.2. The van der Waals surface area contributed by atoms with Crippen molar-refractivity contribution in [3.05, 3.63) is 64.7 Å². The lowest BCUT2D eigenvalue weighted by Crippen LogP contribution is -2.29. The summed E-state index contributed by atoms with van der Waals surface area (Å²) in [4.78, 5) is 14.8. The van der Waals surface area contributed by atoms with Crippen molar-refractivity contribution in [2.75, 3.05) is 19.7 Å². The number of amides is 1. The van der Waals surface area contributed by atoms with Crippen molar-refractivity contribution >= 4 is 5.91 Å². The largest absolute Gasteiger partial charge is 0.484 e. The molecule has 0 saturated carbocycles. The molecule has 2 aromatic carbocycles. The van der Waals surface area contributed by atoms with Crippen LogP contribution in [0.15, 0.2) is 42.5 Å². The van der Waals surface area contributed by atoms with Crippen LogP contribution in [0.5, 0.6) is 5.75 Å². The summed E-state index contributed by atoms with van der Waals surface area (Å²) in [6.07, 6.45) is 8.76. The molecule has 0 bridgehead atoms. The molecule has 1 aliphatic heterocycles. The van der Waals surface area contributed by atoms with Gasteiger partial charge in [-0.25, -0.2) is 0 Å². The highest BCUT2D eigenvalue weighted by Gasteiger charge is 2.12. The molecule has 1 amide bonds. The lowest BCUT2D eigenvalue weighted by Gasteiger charge is -2.26. The number of rotatable bonds is 7. The molecular weight excluding hydrogens is 360 g/mol. The Hall–Kier alpha value is -2.33. The molecule has 0 spiro atoms. The molecule has 0 atom stereocenters. The highest BCUT2D eigenvalue weighted by Crippen LogP contribution is 2.25. The molecule has 0 unspecified atom stereocenters. The lowest BCUT2D eigenvalue weighted by atomic mass is 9.92. The van der Waals surface area contributed by atoms with Crippen LogP contribution in [0.3, 0.4) is 0 Å². The molecule has 1 aliphatic carbocycles.